The number of rotatable bonds is 4. The van der Waals surface area contributed by atoms with Crippen LogP contribution in [0.15, 0.2) is 5.16 Å². The molecule has 0 bridgehead atoms. The molecule has 10 heavy (non-hydrogen) atoms. The van der Waals surface area contributed by atoms with Gasteiger partial charge in [-0.15, -0.1) is 0 Å². The average molecular weight is 161 g/mol. The summed E-state index contributed by atoms with van der Waals surface area (Å²) in [6.45, 7) is 4.36. The van der Waals surface area contributed by atoms with Crippen molar-refractivity contribution in [2.24, 2.45) is 5.16 Å². The lowest BCUT2D eigenvalue weighted by Gasteiger charge is -2.18. The SMILES string of the molecule is CO/N=C/CC(C)(C)SC. The van der Waals surface area contributed by atoms with Crippen LogP contribution < -0.4 is 0 Å². The molecule has 0 fully saturated rings. The number of hydrogen-bond acceptors (Lipinski definition) is 3. The second-order valence-corrected chi connectivity index (χ2v) is 4.15. The molecule has 0 rings (SSSR count). The third kappa shape index (κ3) is 4.68. The van der Waals surface area contributed by atoms with E-state index in [4.69, 9.17) is 0 Å². The molecule has 3 heteroatoms. The first-order valence-electron chi connectivity index (χ1n) is 3.22. The van der Waals surface area contributed by atoms with Gasteiger partial charge in [0.05, 0.1) is 0 Å². The van der Waals surface area contributed by atoms with Gasteiger partial charge in [-0.05, 0) is 6.26 Å². The van der Waals surface area contributed by atoms with Crippen molar-refractivity contribution in [3.8, 4) is 0 Å². The van der Waals surface area contributed by atoms with E-state index >= 15 is 0 Å². The van der Waals surface area contributed by atoms with E-state index in [1.807, 2.05) is 11.8 Å². The van der Waals surface area contributed by atoms with Crippen molar-refractivity contribution >= 4 is 18.0 Å². The van der Waals surface area contributed by atoms with Gasteiger partial charge >= 0.3 is 0 Å². The third-order valence-corrected chi connectivity index (χ3v) is 2.59. The molecule has 0 N–H and O–H groups in total. The van der Waals surface area contributed by atoms with E-state index in [9.17, 15) is 0 Å². The lowest BCUT2D eigenvalue weighted by molar-refractivity contribution is 0.214. The van der Waals surface area contributed by atoms with Crippen LogP contribution >= 0.6 is 11.8 Å². The first kappa shape index (κ1) is 9.82. The van der Waals surface area contributed by atoms with Crippen LogP contribution in [0.1, 0.15) is 20.3 Å². The average Bonchev–Trinajstić information content (AvgIpc) is 1.89. The van der Waals surface area contributed by atoms with Crippen LogP contribution in [0.4, 0.5) is 0 Å². The number of nitrogens with zero attached hydrogens (tertiary/aromatic N) is 1. The molecule has 0 amide bonds. The van der Waals surface area contributed by atoms with Crippen molar-refractivity contribution in [1.82, 2.24) is 0 Å². The van der Waals surface area contributed by atoms with E-state index in [0.29, 0.717) is 0 Å². The lowest BCUT2D eigenvalue weighted by atomic mass is 10.1. The molecule has 0 aromatic rings. The van der Waals surface area contributed by atoms with E-state index in [2.05, 4.69) is 30.1 Å². The quantitative estimate of drug-likeness (QED) is 0.465. The van der Waals surface area contributed by atoms with E-state index < -0.39 is 0 Å². The standard InChI is InChI=1S/C7H15NOS/c1-7(2,10-4)5-6-8-9-3/h6H,5H2,1-4H3/b8-6+. The molecule has 60 valence electrons. The van der Waals surface area contributed by atoms with Crippen LogP contribution in [0.5, 0.6) is 0 Å². The maximum Gasteiger partial charge on any atom is 0.106 e. The summed E-state index contributed by atoms with van der Waals surface area (Å²) in [5.74, 6) is 0. The monoisotopic (exact) mass is 161 g/mol. The van der Waals surface area contributed by atoms with Gasteiger partial charge in [-0.3, -0.25) is 0 Å². The minimum Gasteiger partial charge on any atom is -0.399 e. The first-order valence-corrected chi connectivity index (χ1v) is 4.45. The molecular formula is C7H15NOS. The summed E-state index contributed by atoms with van der Waals surface area (Å²) in [5.41, 5.74) is 0. The number of oxime groups is 1. The number of thioether (sulfide) groups is 1. The van der Waals surface area contributed by atoms with E-state index in [-0.39, 0.29) is 4.75 Å². The van der Waals surface area contributed by atoms with Gasteiger partial charge in [-0.1, -0.05) is 19.0 Å². The summed E-state index contributed by atoms with van der Waals surface area (Å²) >= 11 is 1.83. The van der Waals surface area contributed by atoms with Gasteiger partial charge in [-0.2, -0.15) is 11.8 Å². The molecule has 0 aliphatic carbocycles. The van der Waals surface area contributed by atoms with Gasteiger partial charge in [0.2, 0.25) is 0 Å². The maximum absolute atomic E-state index is 4.54. The zero-order valence-corrected chi connectivity index (χ0v) is 7.86. The van der Waals surface area contributed by atoms with Gasteiger partial charge in [0.25, 0.3) is 0 Å². The molecule has 0 aliphatic heterocycles. The lowest BCUT2D eigenvalue weighted by Crippen LogP contribution is -2.13. The van der Waals surface area contributed by atoms with Gasteiger partial charge in [0.15, 0.2) is 0 Å². The molecule has 0 aliphatic rings. The van der Waals surface area contributed by atoms with Crippen LogP contribution in [-0.2, 0) is 4.84 Å². The first-order chi connectivity index (χ1) is 4.62. The van der Waals surface area contributed by atoms with Crippen molar-refractivity contribution in [3.05, 3.63) is 0 Å². The van der Waals surface area contributed by atoms with E-state index in [1.54, 1.807) is 13.3 Å². The molecule has 0 saturated carbocycles. The van der Waals surface area contributed by atoms with Crippen LogP contribution in [0, 0.1) is 0 Å². The summed E-state index contributed by atoms with van der Waals surface area (Å²) in [7, 11) is 1.56. The Bertz CT molecular complexity index is 112. The largest absolute Gasteiger partial charge is 0.399 e. The smallest absolute Gasteiger partial charge is 0.106 e. The second kappa shape index (κ2) is 4.61. The summed E-state index contributed by atoms with van der Waals surface area (Å²) in [4.78, 5) is 4.54. The molecule has 0 aromatic carbocycles. The van der Waals surface area contributed by atoms with Gasteiger partial charge in [-0.25, -0.2) is 0 Å². The topological polar surface area (TPSA) is 21.6 Å². The van der Waals surface area contributed by atoms with Crippen molar-refractivity contribution in [1.29, 1.82) is 0 Å². The molecule has 0 unspecified atom stereocenters. The highest BCUT2D eigenvalue weighted by Gasteiger charge is 2.13. The Kier molecular flexibility index (Phi) is 4.52. The fourth-order valence-corrected chi connectivity index (χ4v) is 0.656. The Morgan fingerprint density at radius 1 is 1.60 bits per heavy atom. The Hall–Kier alpha value is -0.180. The van der Waals surface area contributed by atoms with E-state index in [0.717, 1.165) is 6.42 Å². The zero-order valence-electron chi connectivity index (χ0n) is 7.05. The second-order valence-electron chi connectivity index (χ2n) is 2.64. The highest BCUT2D eigenvalue weighted by Crippen LogP contribution is 2.23. The summed E-state index contributed by atoms with van der Waals surface area (Å²) in [6.07, 6.45) is 4.85. The fraction of sp³-hybridized carbons (Fsp3) is 0.857. The van der Waals surface area contributed by atoms with Crippen molar-refractivity contribution in [2.75, 3.05) is 13.4 Å². The maximum atomic E-state index is 4.54. The third-order valence-electron chi connectivity index (χ3n) is 1.32. The molecule has 0 saturated heterocycles. The predicted octanol–water partition coefficient (Wildman–Crippen LogP) is 2.15. The normalized spacial score (nSPS) is 12.4. The molecule has 0 radical (unpaired) electrons. The van der Waals surface area contributed by atoms with Gasteiger partial charge < -0.3 is 4.84 Å². The minimum atomic E-state index is 0.280. The molecular weight excluding hydrogens is 146 g/mol. The molecule has 2 nitrogen and oxygen atoms in total. The highest BCUT2D eigenvalue weighted by molar-refractivity contribution is 7.99. The van der Waals surface area contributed by atoms with Crippen molar-refractivity contribution in [3.63, 3.8) is 0 Å². The summed E-state index contributed by atoms with van der Waals surface area (Å²) in [5, 5.41) is 3.67. The molecule has 0 aromatic heterocycles. The van der Waals surface area contributed by atoms with Crippen molar-refractivity contribution < 1.29 is 4.84 Å². The Balaban J connectivity index is 3.56. The Morgan fingerprint density at radius 3 is 2.60 bits per heavy atom. The highest BCUT2D eigenvalue weighted by atomic mass is 32.2. The van der Waals surface area contributed by atoms with Crippen LogP contribution in [-0.4, -0.2) is 24.3 Å². The van der Waals surface area contributed by atoms with Gasteiger partial charge in [0.1, 0.15) is 7.11 Å². The molecule has 0 heterocycles. The molecule has 0 spiro atoms. The van der Waals surface area contributed by atoms with Crippen molar-refractivity contribution in [2.45, 2.75) is 25.0 Å². The van der Waals surface area contributed by atoms with Crippen LogP contribution in [0.25, 0.3) is 0 Å². The summed E-state index contributed by atoms with van der Waals surface area (Å²) in [6, 6.07) is 0. The minimum absolute atomic E-state index is 0.280. The van der Waals surface area contributed by atoms with E-state index in [1.165, 1.54) is 0 Å². The Labute approximate surface area is 67.0 Å². The zero-order chi connectivity index (χ0) is 8.04. The Morgan fingerprint density at radius 2 is 2.20 bits per heavy atom. The molecule has 0 atom stereocenters. The predicted molar refractivity (Wildman–Crippen MR) is 47.7 cm³/mol. The van der Waals surface area contributed by atoms with Crippen LogP contribution in [0.3, 0.4) is 0 Å². The van der Waals surface area contributed by atoms with Gasteiger partial charge in [0, 0.05) is 17.4 Å². The fourth-order valence-electron chi connectivity index (χ4n) is 0.415. The number of hydrogen-bond donors (Lipinski definition) is 0. The van der Waals surface area contributed by atoms with Crippen LogP contribution in [0.2, 0.25) is 0 Å². The summed E-state index contributed by atoms with van der Waals surface area (Å²) < 4.78 is 0.280.